The summed E-state index contributed by atoms with van der Waals surface area (Å²) < 4.78 is 0. The molecule has 3 atom stereocenters. The number of nitrogens with one attached hydrogen (secondary N) is 3. The van der Waals surface area contributed by atoms with Crippen molar-refractivity contribution in [3.8, 4) is 12.3 Å². The van der Waals surface area contributed by atoms with Crippen molar-refractivity contribution < 1.29 is 14.4 Å². The van der Waals surface area contributed by atoms with E-state index in [-0.39, 0.29) is 48.3 Å². The lowest BCUT2D eigenvalue weighted by Crippen LogP contribution is -2.58. The molecular weight excluding hydrogens is 308 g/mol. The van der Waals surface area contributed by atoms with Crippen molar-refractivity contribution >= 4 is 17.7 Å². The average molecular weight is 332 g/mol. The Morgan fingerprint density at radius 2 is 2.17 bits per heavy atom. The first-order valence-corrected chi connectivity index (χ1v) is 8.62. The van der Waals surface area contributed by atoms with Gasteiger partial charge in [-0.05, 0) is 25.7 Å². The fraction of sp³-hybridized carbons (Fsp3) is 0.706. The van der Waals surface area contributed by atoms with Crippen LogP contribution in [0.4, 0.5) is 0 Å². The molecule has 0 bridgehead atoms. The Bertz CT molecular complexity index is 567. The normalized spacial score (nSPS) is 29.3. The fourth-order valence-corrected chi connectivity index (χ4v) is 3.55. The molecule has 0 unspecified atom stereocenters. The summed E-state index contributed by atoms with van der Waals surface area (Å²) in [6.07, 6.45) is 8.76. The molecule has 0 spiro atoms. The summed E-state index contributed by atoms with van der Waals surface area (Å²) in [7, 11) is 0. The molecule has 2 saturated heterocycles. The van der Waals surface area contributed by atoms with Gasteiger partial charge in [0.25, 0.3) is 0 Å². The van der Waals surface area contributed by atoms with Crippen LogP contribution in [-0.4, -0.2) is 60.4 Å². The smallest absolute Gasteiger partial charge is 0.237 e. The van der Waals surface area contributed by atoms with E-state index in [1.807, 2.05) is 0 Å². The average Bonchev–Trinajstić information content (AvgIpc) is 3.33. The van der Waals surface area contributed by atoms with Gasteiger partial charge in [0.1, 0.15) is 0 Å². The minimum Gasteiger partial charge on any atom is -0.353 e. The molecule has 3 aliphatic rings. The summed E-state index contributed by atoms with van der Waals surface area (Å²) in [6, 6.07) is -0.0705. The van der Waals surface area contributed by atoms with Crippen molar-refractivity contribution in [2.24, 2.45) is 5.92 Å². The molecule has 3 rings (SSSR count). The van der Waals surface area contributed by atoms with Gasteiger partial charge in [-0.25, -0.2) is 0 Å². The molecule has 0 aromatic carbocycles. The second kappa shape index (κ2) is 7.22. The van der Waals surface area contributed by atoms with Crippen LogP contribution >= 0.6 is 0 Å². The molecule has 130 valence electrons. The maximum Gasteiger partial charge on any atom is 0.237 e. The van der Waals surface area contributed by atoms with E-state index in [4.69, 9.17) is 6.42 Å². The lowest BCUT2D eigenvalue weighted by molar-refractivity contribution is -0.129. The van der Waals surface area contributed by atoms with E-state index >= 15 is 0 Å². The number of hydrogen-bond acceptors (Lipinski definition) is 4. The number of terminal acetylenes is 1. The minimum absolute atomic E-state index is 0.0183. The number of carbonyl (C=O) groups is 3. The van der Waals surface area contributed by atoms with Gasteiger partial charge in [0, 0.05) is 37.5 Å². The van der Waals surface area contributed by atoms with Crippen molar-refractivity contribution in [3.63, 3.8) is 0 Å². The zero-order valence-corrected chi connectivity index (χ0v) is 13.7. The molecule has 3 N–H and O–H groups in total. The summed E-state index contributed by atoms with van der Waals surface area (Å²) in [6.45, 7) is 1.45. The van der Waals surface area contributed by atoms with Gasteiger partial charge in [-0.15, -0.1) is 6.42 Å². The SMILES string of the molecule is C#CCNC(=O)CC[C@@H]1CNC(=O)[C@@H]2C[C@H](NC(=O)C3CC3)CN12. The van der Waals surface area contributed by atoms with E-state index in [1.165, 1.54) is 0 Å². The first kappa shape index (κ1) is 16.8. The topological polar surface area (TPSA) is 90.5 Å². The van der Waals surface area contributed by atoms with Crippen molar-refractivity contribution in [1.82, 2.24) is 20.9 Å². The molecule has 7 heteroatoms. The molecule has 7 nitrogen and oxygen atoms in total. The lowest BCUT2D eigenvalue weighted by Gasteiger charge is -2.37. The number of amides is 3. The van der Waals surface area contributed by atoms with Crippen LogP contribution in [0, 0.1) is 18.3 Å². The van der Waals surface area contributed by atoms with Crippen LogP contribution in [0.1, 0.15) is 32.1 Å². The van der Waals surface area contributed by atoms with Crippen LogP contribution in [0.15, 0.2) is 0 Å². The van der Waals surface area contributed by atoms with E-state index in [9.17, 15) is 14.4 Å². The fourth-order valence-electron chi connectivity index (χ4n) is 3.55. The van der Waals surface area contributed by atoms with Crippen LogP contribution in [0.5, 0.6) is 0 Å². The molecule has 0 aromatic heterocycles. The monoisotopic (exact) mass is 332 g/mol. The van der Waals surface area contributed by atoms with Crippen molar-refractivity contribution in [3.05, 3.63) is 0 Å². The second-order valence-corrected chi connectivity index (χ2v) is 6.85. The summed E-state index contributed by atoms with van der Waals surface area (Å²) in [5.74, 6) is 2.62. The highest BCUT2D eigenvalue weighted by Crippen LogP contribution is 2.30. The highest BCUT2D eigenvalue weighted by atomic mass is 16.2. The van der Waals surface area contributed by atoms with Gasteiger partial charge in [-0.2, -0.15) is 0 Å². The highest BCUT2D eigenvalue weighted by Gasteiger charge is 2.44. The van der Waals surface area contributed by atoms with Crippen LogP contribution in [0.3, 0.4) is 0 Å². The Balaban J connectivity index is 1.53. The number of rotatable bonds is 6. The number of piperazine rings is 1. The Hall–Kier alpha value is -2.07. The summed E-state index contributed by atoms with van der Waals surface area (Å²) in [5.41, 5.74) is 0. The Morgan fingerprint density at radius 1 is 1.38 bits per heavy atom. The third-order valence-corrected chi connectivity index (χ3v) is 5.01. The maximum absolute atomic E-state index is 12.1. The van der Waals surface area contributed by atoms with Gasteiger partial charge in [-0.3, -0.25) is 19.3 Å². The van der Waals surface area contributed by atoms with Crippen molar-refractivity contribution in [2.75, 3.05) is 19.6 Å². The van der Waals surface area contributed by atoms with Crippen molar-refractivity contribution in [1.29, 1.82) is 0 Å². The van der Waals surface area contributed by atoms with E-state index in [1.54, 1.807) is 0 Å². The zero-order chi connectivity index (χ0) is 17.1. The van der Waals surface area contributed by atoms with Gasteiger partial charge in [0.05, 0.1) is 12.6 Å². The third-order valence-electron chi connectivity index (χ3n) is 5.01. The Labute approximate surface area is 141 Å². The molecule has 2 aliphatic heterocycles. The van der Waals surface area contributed by atoms with Crippen LogP contribution in [0.2, 0.25) is 0 Å². The first-order valence-electron chi connectivity index (χ1n) is 8.62. The molecular formula is C17H24N4O3. The van der Waals surface area contributed by atoms with E-state index in [0.29, 0.717) is 32.4 Å². The van der Waals surface area contributed by atoms with E-state index < -0.39 is 0 Å². The number of fused-ring (bicyclic) bond motifs is 1. The molecule has 1 saturated carbocycles. The Kier molecular flexibility index (Phi) is 5.05. The van der Waals surface area contributed by atoms with Crippen LogP contribution in [-0.2, 0) is 14.4 Å². The predicted octanol–water partition coefficient (Wildman–Crippen LogP) is -1.02. The van der Waals surface area contributed by atoms with Gasteiger partial charge >= 0.3 is 0 Å². The molecule has 3 fully saturated rings. The quantitative estimate of drug-likeness (QED) is 0.543. The van der Waals surface area contributed by atoms with Gasteiger partial charge < -0.3 is 16.0 Å². The van der Waals surface area contributed by atoms with Gasteiger partial charge in [0.15, 0.2) is 0 Å². The van der Waals surface area contributed by atoms with Crippen LogP contribution < -0.4 is 16.0 Å². The number of hydrogen-bond donors (Lipinski definition) is 3. The zero-order valence-electron chi connectivity index (χ0n) is 13.7. The minimum atomic E-state index is -0.206. The lowest BCUT2D eigenvalue weighted by atomic mass is 10.0. The molecule has 24 heavy (non-hydrogen) atoms. The highest BCUT2D eigenvalue weighted by molar-refractivity contribution is 5.84. The standard InChI is InChI=1S/C17H24N4O3/c1-2-7-18-15(22)6-5-13-9-19-17(24)14-8-12(10-21(13)14)20-16(23)11-3-4-11/h1,11-14H,3-10H2,(H,18,22)(H,19,24)(H,20,23)/t12-,13+,14-/m0/s1. The molecule has 0 radical (unpaired) electrons. The third kappa shape index (κ3) is 3.88. The first-order chi connectivity index (χ1) is 11.6. The predicted molar refractivity (Wildman–Crippen MR) is 87.6 cm³/mol. The number of nitrogens with zero attached hydrogens (tertiary/aromatic N) is 1. The van der Waals surface area contributed by atoms with Crippen LogP contribution in [0.25, 0.3) is 0 Å². The van der Waals surface area contributed by atoms with Crippen molar-refractivity contribution in [2.45, 2.75) is 50.2 Å². The van der Waals surface area contributed by atoms with Gasteiger partial charge in [-0.1, -0.05) is 5.92 Å². The molecule has 1 aliphatic carbocycles. The Morgan fingerprint density at radius 3 is 2.88 bits per heavy atom. The number of carbonyl (C=O) groups excluding carboxylic acids is 3. The molecule has 3 amide bonds. The molecule has 2 heterocycles. The second-order valence-electron chi connectivity index (χ2n) is 6.85. The van der Waals surface area contributed by atoms with Gasteiger partial charge in [0.2, 0.25) is 17.7 Å². The van der Waals surface area contributed by atoms with E-state index in [2.05, 4.69) is 26.8 Å². The summed E-state index contributed by atoms with van der Waals surface area (Å²) >= 11 is 0. The maximum atomic E-state index is 12.1. The summed E-state index contributed by atoms with van der Waals surface area (Å²) in [4.78, 5) is 37.9. The van der Waals surface area contributed by atoms with E-state index in [0.717, 1.165) is 12.8 Å². The molecule has 0 aromatic rings. The largest absolute Gasteiger partial charge is 0.353 e. The summed E-state index contributed by atoms with van der Waals surface area (Å²) in [5, 5.41) is 8.65.